The number of nitrogens with one attached hydrogen (secondary N) is 1. The number of allylic oxidation sites excluding steroid dienone is 1. The molecule has 0 saturated carbocycles. The van der Waals surface area contributed by atoms with E-state index in [-0.39, 0.29) is 34.9 Å². The van der Waals surface area contributed by atoms with Gasteiger partial charge >= 0.3 is 5.97 Å². The van der Waals surface area contributed by atoms with Crippen molar-refractivity contribution in [3.8, 4) is 0 Å². The van der Waals surface area contributed by atoms with Crippen LogP contribution < -0.4 is 5.32 Å². The second-order valence-electron chi connectivity index (χ2n) is 7.89. The van der Waals surface area contributed by atoms with Crippen molar-refractivity contribution in [2.24, 2.45) is 0 Å². The number of carboxylic acid groups (broad SMARTS) is 1. The highest BCUT2D eigenvalue weighted by molar-refractivity contribution is 8.00. The molecule has 2 aromatic carbocycles. The van der Waals surface area contributed by atoms with Crippen molar-refractivity contribution in [1.82, 2.24) is 10.2 Å². The lowest BCUT2D eigenvalue weighted by Crippen LogP contribution is -2.70. The molecule has 36 heavy (non-hydrogen) atoms. The SMILES string of the molecule is O=C(Cc1ccccc1)N[C@@H]1C(=O)N2C(C(=O)O)=C(C=Cc3ccc([N+](=O)[O-])cc3[N+](=O)[O-])CS[C@H]12. The largest absolute Gasteiger partial charge is 0.477 e. The lowest BCUT2D eigenvalue weighted by atomic mass is 10.0. The predicted molar refractivity (Wildman–Crippen MR) is 129 cm³/mol. The summed E-state index contributed by atoms with van der Waals surface area (Å²) in [5.41, 5.74) is -0.200. The van der Waals surface area contributed by atoms with Gasteiger partial charge in [0.2, 0.25) is 5.91 Å². The fourth-order valence-electron chi connectivity index (χ4n) is 3.91. The Morgan fingerprint density at radius 1 is 1.11 bits per heavy atom. The molecular formula is C23H18N4O8S. The van der Waals surface area contributed by atoms with E-state index in [0.29, 0.717) is 0 Å². The highest BCUT2D eigenvalue weighted by Crippen LogP contribution is 2.41. The van der Waals surface area contributed by atoms with Crippen molar-refractivity contribution in [2.45, 2.75) is 17.8 Å². The lowest BCUT2D eigenvalue weighted by Gasteiger charge is -2.49. The van der Waals surface area contributed by atoms with Crippen LogP contribution in [0.4, 0.5) is 11.4 Å². The van der Waals surface area contributed by atoms with Gasteiger partial charge in [-0.25, -0.2) is 4.79 Å². The van der Waals surface area contributed by atoms with E-state index in [1.807, 2.05) is 6.07 Å². The maximum absolute atomic E-state index is 12.8. The Labute approximate surface area is 207 Å². The Balaban J connectivity index is 1.54. The monoisotopic (exact) mass is 510 g/mol. The normalized spacial score (nSPS) is 19.0. The second kappa shape index (κ2) is 10.00. The third-order valence-electron chi connectivity index (χ3n) is 5.61. The smallest absolute Gasteiger partial charge is 0.352 e. The number of hydrogen-bond donors (Lipinski definition) is 2. The minimum atomic E-state index is -1.36. The average Bonchev–Trinajstić information content (AvgIpc) is 2.85. The van der Waals surface area contributed by atoms with E-state index in [1.165, 1.54) is 30.0 Å². The van der Waals surface area contributed by atoms with Crippen LogP contribution in [0.25, 0.3) is 6.08 Å². The Hall–Kier alpha value is -4.52. The Morgan fingerprint density at radius 2 is 1.83 bits per heavy atom. The molecule has 2 aliphatic heterocycles. The molecule has 0 aromatic heterocycles. The molecule has 12 nitrogen and oxygen atoms in total. The van der Waals surface area contributed by atoms with Crippen LogP contribution in [0.15, 0.2) is 65.9 Å². The summed E-state index contributed by atoms with van der Waals surface area (Å²) in [6, 6.07) is 11.2. The molecule has 4 rings (SSSR count). The van der Waals surface area contributed by atoms with E-state index in [4.69, 9.17) is 0 Å². The zero-order chi connectivity index (χ0) is 26.0. The van der Waals surface area contributed by atoms with Crippen molar-refractivity contribution in [3.63, 3.8) is 0 Å². The summed E-state index contributed by atoms with van der Waals surface area (Å²) in [5, 5.41) is 34.1. The molecule has 0 bridgehead atoms. The van der Waals surface area contributed by atoms with Gasteiger partial charge in [0, 0.05) is 11.8 Å². The number of amides is 2. The van der Waals surface area contributed by atoms with Gasteiger partial charge < -0.3 is 10.4 Å². The average molecular weight is 510 g/mol. The first kappa shape index (κ1) is 24.6. The first-order valence-electron chi connectivity index (χ1n) is 10.5. The van der Waals surface area contributed by atoms with Gasteiger partial charge in [-0.05, 0) is 23.3 Å². The van der Waals surface area contributed by atoms with E-state index in [2.05, 4.69) is 5.32 Å². The van der Waals surface area contributed by atoms with Crippen LogP contribution >= 0.6 is 11.8 Å². The molecular weight excluding hydrogens is 492 g/mol. The molecule has 1 fully saturated rings. The molecule has 2 atom stereocenters. The number of aliphatic carboxylic acids is 1. The zero-order valence-electron chi connectivity index (χ0n) is 18.4. The van der Waals surface area contributed by atoms with Gasteiger partial charge in [-0.15, -0.1) is 11.8 Å². The fourth-order valence-corrected chi connectivity index (χ4v) is 5.23. The number of benzene rings is 2. The molecule has 2 amide bonds. The highest BCUT2D eigenvalue weighted by Gasteiger charge is 2.53. The molecule has 13 heteroatoms. The summed E-state index contributed by atoms with van der Waals surface area (Å²) in [6.07, 6.45) is 2.70. The number of fused-ring (bicyclic) bond motifs is 1. The Kier molecular flexibility index (Phi) is 6.83. The molecule has 2 aromatic rings. The topological polar surface area (TPSA) is 173 Å². The molecule has 0 radical (unpaired) electrons. The molecule has 1 saturated heterocycles. The molecule has 0 unspecified atom stereocenters. The Morgan fingerprint density at radius 3 is 2.47 bits per heavy atom. The van der Waals surface area contributed by atoms with E-state index in [0.717, 1.165) is 22.6 Å². The van der Waals surface area contributed by atoms with Crippen molar-refractivity contribution < 1.29 is 29.3 Å². The molecule has 184 valence electrons. The van der Waals surface area contributed by atoms with Gasteiger partial charge in [-0.3, -0.25) is 34.7 Å². The van der Waals surface area contributed by atoms with E-state index >= 15 is 0 Å². The lowest BCUT2D eigenvalue weighted by molar-refractivity contribution is -0.394. The van der Waals surface area contributed by atoms with Crippen LogP contribution in [0.1, 0.15) is 11.1 Å². The van der Waals surface area contributed by atoms with Crippen molar-refractivity contribution in [1.29, 1.82) is 0 Å². The summed E-state index contributed by atoms with van der Waals surface area (Å²) in [6.45, 7) is 0. The van der Waals surface area contributed by atoms with Crippen LogP contribution in [0, 0.1) is 20.2 Å². The van der Waals surface area contributed by atoms with Gasteiger partial charge in [-0.1, -0.05) is 36.4 Å². The molecule has 2 heterocycles. The molecule has 0 aliphatic carbocycles. The second-order valence-corrected chi connectivity index (χ2v) is 8.99. The number of non-ortho nitro benzene ring substituents is 1. The van der Waals surface area contributed by atoms with Crippen LogP contribution in [-0.4, -0.2) is 54.8 Å². The number of thioether (sulfide) groups is 1. The van der Waals surface area contributed by atoms with Gasteiger partial charge in [0.1, 0.15) is 17.1 Å². The number of carboxylic acids is 1. The number of rotatable bonds is 8. The maximum Gasteiger partial charge on any atom is 0.352 e. The van der Waals surface area contributed by atoms with Gasteiger partial charge in [0.15, 0.2) is 0 Å². The number of nitro benzene ring substituents is 2. The first-order valence-corrected chi connectivity index (χ1v) is 11.6. The number of hydrogen-bond acceptors (Lipinski definition) is 8. The maximum atomic E-state index is 12.8. The van der Waals surface area contributed by atoms with E-state index in [9.17, 15) is 39.7 Å². The van der Waals surface area contributed by atoms with Gasteiger partial charge in [0.25, 0.3) is 17.3 Å². The van der Waals surface area contributed by atoms with Crippen molar-refractivity contribution in [2.75, 3.05) is 5.75 Å². The predicted octanol–water partition coefficient (Wildman–Crippen LogP) is 2.50. The van der Waals surface area contributed by atoms with Crippen molar-refractivity contribution in [3.05, 3.63) is 97.2 Å². The van der Waals surface area contributed by atoms with E-state index in [1.54, 1.807) is 24.3 Å². The van der Waals surface area contributed by atoms with Crippen molar-refractivity contribution >= 4 is 47.0 Å². The number of carbonyl (C=O) groups excluding carboxylic acids is 2. The summed E-state index contributed by atoms with van der Waals surface area (Å²) < 4.78 is 0. The summed E-state index contributed by atoms with van der Waals surface area (Å²) in [5.74, 6) is -2.13. The fraction of sp³-hybridized carbons (Fsp3) is 0.174. The first-order chi connectivity index (χ1) is 17.2. The third kappa shape index (κ3) is 4.81. The molecule has 2 aliphatic rings. The number of nitrogens with zero attached hydrogens (tertiary/aromatic N) is 3. The minimum absolute atomic E-state index is 0.0379. The number of β-lactam (4-membered cyclic amide) rings is 1. The quantitative estimate of drug-likeness (QED) is 0.307. The summed E-state index contributed by atoms with van der Waals surface area (Å²) >= 11 is 1.25. The van der Waals surface area contributed by atoms with E-state index < -0.39 is 44.5 Å². The summed E-state index contributed by atoms with van der Waals surface area (Å²) in [7, 11) is 0. The van der Waals surface area contributed by atoms with Crippen LogP contribution in [0.5, 0.6) is 0 Å². The van der Waals surface area contributed by atoms with Crippen LogP contribution in [0.2, 0.25) is 0 Å². The molecule has 2 N–H and O–H groups in total. The number of nitro groups is 2. The Bertz CT molecular complexity index is 1340. The third-order valence-corrected chi connectivity index (χ3v) is 6.91. The zero-order valence-corrected chi connectivity index (χ0v) is 19.2. The van der Waals surface area contributed by atoms with Gasteiger partial charge in [0.05, 0.1) is 27.9 Å². The highest BCUT2D eigenvalue weighted by atomic mass is 32.2. The molecule has 0 spiro atoms. The standard InChI is InChI=1S/C23H18N4O8S/c28-18(10-13-4-2-1-3-5-13)24-19-21(29)25-20(23(30)31)15(12-36-22(19)25)7-6-14-8-9-16(26(32)33)11-17(14)27(34)35/h1-9,11,19,22H,10,12H2,(H,24,28)(H,30,31)/t19-,22-/m1/s1. The van der Waals surface area contributed by atoms with Gasteiger partial charge in [-0.2, -0.15) is 0 Å². The number of carbonyl (C=O) groups is 3. The summed E-state index contributed by atoms with van der Waals surface area (Å²) in [4.78, 5) is 59.0. The minimum Gasteiger partial charge on any atom is -0.477 e. The van der Waals surface area contributed by atoms with Crippen LogP contribution in [0.3, 0.4) is 0 Å². The van der Waals surface area contributed by atoms with Crippen LogP contribution in [-0.2, 0) is 20.8 Å².